The van der Waals surface area contributed by atoms with Crippen LogP contribution in [0.2, 0.25) is 0 Å². The van der Waals surface area contributed by atoms with Gasteiger partial charge in [-0.25, -0.2) is 0 Å². The molecular formula is C9H15BrN2O. The monoisotopic (exact) mass is 246 g/mol. The van der Waals surface area contributed by atoms with E-state index in [0.717, 1.165) is 10.9 Å². The van der Waals surface area contributed by atoms with Crippen LogP contribution in [0.4, 0.5) is 0 Å². The summed E-state index contributed by atoms with van der Waals surface area (Å²) in [6, 6.07) is 0. The quantitative estimate of drug-likeness (QED) is 0.544. The van der Waals surface area contributed by atoms with E-state index in [1.165, 1.54) is 0 Å². The summed E-state index contributed by atoms with van der Waals surface area (Å²) in [6.07, 6.45) is 6.83. The third-order valence-corrected chi connectivity index (χ3v) is 1.79. The highest BCUT2D eigenvalue weighted by Gasteiger charge is 1.96. The molecule has 0 spiro atoms. The molecule has 0 rings (SSSR count). The van der Waals surface area contributed by atoms with Crippen LogP contribution < -0.4 is 11.5 Å². The van der Waals surface area contributed by atoms with Gasteiger partial charge in [0.25, 0.3) is 0 Å². The molecule has 0 radical (unpaired) electrons. The van der Waals surface area contributed by atoms with Crippen molar-refractivity contribution in [3.63, 3.8) is 0 Å². The summed E-state index contributed by atoms with van der Waals surface area (Å²) in [7, 11) is 0. The van der Waals surface area contributed by atoms with E-state index in [1.807, 2.05) is 18.2 Å². The first-order valence-corrected chi connectivity index (χ1v) is 5.22. The van der Waals surface area contributed by atoms with Crippen molar-refractivity contribution in [1.82, 2.24) is 0 Å². The second-order valence-electron chi connectivity index (χ2n) is 2.54. The molecule has 0 aromatic rings. The van der Waals surface area contributed by atoms with E-state index in [2.05, 4.69) is 15.9 Å². The lowest BCUT2D eigenvalue weighted by Crippen LogP contribution is -2.09. The molecule has 0 aliphatic heterocycles. The lowest BCUT2D eigenvalue weighted by molar-refractivity contribution is -0.117. The molecule has 0 aliphatic rings. The Morgan fingerprint density at radius 3 is 2.54 bits per heavy atom. The number of allylic oxidation sites excluding steroid dienone is 3. The van der Waals surface area contributed by atoms with Crippen LogP contribution >= 0.6 is 15.9 Å². The molecule has 0 aromatic heterocycles. The lowest BCUT2D eigenvalue weighted by Gasteiger charge is -1.98. The smallest absolute Gasteiger partial charge is 0.217 e. The molecule has 0 unspecified atom stereocenters. The lowest BCUT2D eigenvalue weighted by atomic mass is 10.1. The Morgan fingerprint density at radius 2 is 2.08 bits per heavy atom. The summed E-state index contributed by atoms with van der Waals surface area (Å²) in [6.45, 7) is 0.510. The van der Waals surface area contributed by atoms with Crippen molar-refractivity contribution in [3.05, 3.63) is 23.8 Å². The van der Waals surface area contributed by atoms with E-state index < -0.39 is 0 Å². The maximum Gasteiger partial charge on any atom is 0.217 e. The molecule has 4 N–H and O–H groups in total. The van der Waals surface area contributed by atoms with Crippen molar-refractivity contribution in [2.24, 2.45) is 11.5 Å². The van der Waals surface area contributed by atoms with E-state index in [9.17, 15) is 4.79 Å². The summed E-state index contributed by atoms with van der Waals surface area (Å²) in [5, 5.41) is 0.774. The van der Waals surface area contributed by atoms with Crippen molar-refractivity contribution in [2.75, 3.05) is 11.9 Å². The first kappa shape index (κ1) is 12.4. The fraction of sp³-hybridized carbons (Fsp3) is 0.444. The first-order chi connectivity index (χ1) is 6.20. The van der Waals surface area contributed by atoms with Crippen LogP contribution in [0.15, 0.2) is 23.8 Å². The third kappa shape index (κ3) is 7.74. The van der Waals surface area contributed by atoms with Crippen molar-refractivity contribution < 1.29 is 4.79 Å². The van der Waals surface area contributed by atoms with Gasteiger partial charge in [-0.05, 0) is 6.42 Å². The van der Waals surface area contributed by atoms with Crippen LogP contribution in [0.5, 0.6) is 0 Å². The Morgan fingerprint density at radius 1 is 1.38 bits per heavy atom. The van der Waals surface area contributed by atoms with Gasteiger partial charge in [0, 0.05) is 18.3 Å². The van der Waals surface area contributed by atoms with Crippen molar-refractivity contribution in [3.8, 4) is 0 Å². The minimum absolute atomic E-state index is 0.276. The zero-order valence-corrected chi connectivity index (χ0v) is 9.09. The van der Waals surface area contributed by atoms with Crippen LogP contribution in [-0.4, -0.2) is 17.8 Å². The van der Waals surface area contributed by atoms with E-state index in [0.29, 0.717) is 19.4 Å². The van der Waals surface area contributed by atoms with Crippen LogP contribution in [0.1, 0.15) is 12.8 Å². The maximum atomic E-state index is 10.5. The minimum atomic E-state index is -0.276. The van der Waals surface area contributed by atoms with Crippen LogP contribution in [0, 0.1) is 0 Å². The largest absolute Gasteiger partial charge is 0.370 e. The summed E-state index contributed by atoms with van der Waals surface area (Å²) >= 11 is 3.29. The number of primary amides is 1. The Bertz CT molecular complexity index is 212. The van der Waals surface area contributed by atoms with E-state index in [-0.39, 0.29) is 5.91 Å². The molecule has 0 aliphatic carbocycles. The molecule has 0 fully saturated rings. The second kappa shape index (κ2) is 8.01. The van der Waals surface area contributed by atoms with Gasteiger partial charge in [-0.15, -0.1) is 0 Å². The molecule has 0 aromatic carbocycles. The summed E-state index contributed by atoms with van der Waals surface area (Å²) in [5.74, 6) is -0.276. The number of carbonyl (C=O) groups excluding carboxylic acids is 1. The van der Waals surface area contributed by atoms with E-state index >= 15 is 0 Å². The molecule has 3 nitrogen and oxygen atoms in total. The van der Waals surface area contributed by atoms with Gasteiger partial charge in [0.1, 0.15) is 0 Å². The molecule has 74 valence electrons. The fourth-order valence-corrected chi connectivity index (χ4v) is 1.26. The third-order valence-electron chi connectivity index (χ3n) is 1.47. The summed E-state index contributed by atoms with van der Waals surface area (Å²) in [5.41, 5.74) is 11.4. The van der Waals surface area contributed by atoms with Gasteiger partial charge in [-0.1, -0.05) is 39.7 Å². The minimum Gasteiger partial charge on any atom is -0.370 e. The number of nitrogens with two attached hydrogens (primary N) is 2. The molecule has 0 heterocycles. The predicted octanol–water partition coefficient (Wildman–Crippen LogP) is 1.09. The van der Waals surface area contributed by atoms with Gasteiger partial charge in [0.2, 0.25) is 5.91 Å². The number of alkyl halides is 1. The number of rotatable bonds is 6. The van der Waals surface area contributed by atoms with Crippen molar-refractivity contribution in [2.45, 2.75) is 12.8 Å². The number of carbonyl (C=O) groups is 1. The van der Waals surface area contributed by atoms with Gasteiger partial charge in [-0.2, -0.15) is 0 Å². The second-order valence-corrected chi connectivity index (χ2v) is 3.19. The van der Waals surface area contributed by atoms with Crippen molar-refractivity contribution in [1.29, 1.82) is 0 Å². The van der Waals surface area contributed by atoms with Crippen LogP contribution in [0.25, 0.3) is 0 Å². The summed E-state index contributed by atoms with van der Waals surface area (Å²) < 4.78 is 0. The Labute approximate surface area is 87.0 Å². The molecule has 0 saturated heterocycles. The highest BCUT2D eigenvalue weighted by atomic mass is 79.9. The number of halogens is 1. The molecular weight excluding hydrogens is 232 g/mol. The van der Waals surface area contributed by atoms with Gasteiger partial charge >= 0.3 is 0 Å². The van der Waals surface area contributed by atoms with Crippen LogP contribution in [-0.2, 0) is 4.79 Å². The van der Waals surface area contributed by atoms with Gasteiger partial charge in [-0.3, -0.25) is 4.79 Å². The number of hydrogen-bond donors (Lipinski definition) is 2. The standard InChI is InChI=1S/C9H15BrN2O/c10-6-5-8(2-1-7-11)3-4-9(12)13/h1-2,5H,3-4,6-7,11H2,(H2,12,13)/b2-1-,8-5+. The number of amides is 1. The van der Waals surface area contributed by atoms with Gasteiger partial charge < -0.3 is 11.5 Å². The molecule has 13 heavy (non-hydrogen) atoms. The molecule has 0 saturated carbocycles. The molecule has 0 bridgehead atoms. The fourth-order valence-electron chi connectivity index (χ4n) is 0.839. The highest BCUT2D eigenvalue weighted by Crippen LogP contribution is 2.07. The zero-order valence-electron chi connectivity index (χ0n) is 7.50. The molecule has 0 atom stereocenters. The average molecular weight is 247 g/mol. The van der Waals surface area contributed by atoms with E-state index in [1.54, 1.807) is 0 Å². The average Bonchev–Trinajstić information content (AvgIpc) is 2.09. The van der Waals surface area contributed by atoms with Gasteiger partial charge in [0.15, 0.2) is 0 Å². The summed E-state index contributed by atoms with van der Waals surface area (Å²) in [4.78, 5) is 10.5. The maximum absolute atomic E-state index is 10.5. The predicted molar refractivity (Wildman–Crippen MR) is 58.5 cm³/mol. The Hall–Kier alpha value is -0.610. The highest BCUT2D eigenvalue weighted by molar-refractivity contribution is 9.09. The number of hydrogen-bond acceptors (Lipinski definition) is 2. The van der Waals surface area contributed by atoms with E-state index in [4.69, 9.17) is 11.5 Å². The van der Waals surface area contributed by atoms with Crippen molar-refractivity contribution >= 4 is 21.8 Å². The first-order valence-electron chi connectivity index (χ1n) is 4.10. The molecule has 4 heteroatoms. The Kier molecular flexibility index (Phi) is 7.63. The Balaban J connectivity index is 4.03. The zero-order chi connectivity index (χ0) is 10.1. The van der Waals surface area contributed by atoms with Gasteiger partial charge in [0.05, 0.1) is 0 Å². The normalized spacial score (nSPS) is 12.3. The topological polar surface area (TPSA) is 69.1 Å². The van der Waals surface area contributed by atoms with Crippen LogP contribution in [0.3, 0.4) is 0 Å². The SMILES string of the molecule is NC/C=C\C(=C/CBr)CCC(N)=O. The molecule has 1 amide bonds.